The SMILES string of the molecule is CN(C)CCN(Cc1cc2cc3c(cc2[nH]c1=O)OCO3)C(=O)Nc1cccc(Cl)c1. The Labute approximate surface area is 184 Å². The molecule has 8 nitrogen and oxygen atoms in total. The van der Waals surface area contributed by atoms with Crippen LogP contribution in [0.15, 0.2) is 47.3 Å². The quantitative estimate of drug-likeness (QED) is 0.610. The fraction of sp³-hybridized carbons (Fsp3) is 0.273. The molecular formula is C22H23ClN4O4. The highest BCUT2D eigenvalue weighted by atomic mass is 35.5. The van der Waals surface area contributed by atoms with Crippen molar-refractivity contribution in [3.05, 3.63) is 63.4 Å². The summed E-state index contributed by atoms with van der Waals surface area (Å²) in [5.74, 6) is 1.23. The first-order valence-corrected chi connectivity index (χ1v) is 10.2. The van der Waals surface area contributed by atoms with Gasteiger partial charge in [0.15, 0.2) is 11.5 Å². The lowest BCUT2D eigenvalue weighted by atomic mass is 10.1. The molecule has 1 aliphatic rings. The van der Waals surface area contributed by atoms with Crippen molar-refractivity contribution in [2.24, 2.45) is 0 Å². The number of amides is 2. The Hall–Kier alpha value is -3.23. The number of nitrogens with zero attached hydrogens (tertiary/aromatic N) is 2. The summed E-state index contributed by atoms with van der Waals surface area (Å²) < 4.78 is 10.8. The lowest BCUT2D eigenvalue weighted by molar-refractivity contribution is 0.174. The standard InChI is InChI=1S/C22H23ClN4O4/c1-26(2)6-7-27(22(29)24-17-5-3-4-16(23)10-17)12-15-8-14-9-19-20(31-13-30-19)11-18(14)25-21(15)28/h3-5,8-11H,6-7,12-13H2,1-2H3,(H,24,29)(H,25,28). The maximum absolute atomic E-state index is 13.0. The second kappa shape index (κ2) is 8.87. The molecule has 2 N–H and O–H groups in total. The number of hydrogen-bond donors (Lipinski definition) is 2. The van der Waals surface area contributed by atoms with E-state index < -0.39 is 0 Å². The molecule has 0 atom stereocenters. The number of carbonyl (C=O) groups is 1. The van der Waals surface area contributed by atoms with E-state index in [4.69, 9.17) is 21.1 Å². The number of aromatic nitrogens is 1. The summed E-state index contributed by atoms with van der Waals surface area (Å²) in [5, 5.41) is 4.19. The van der Waals surface area contributed by atoms with Crippen molar-refractivity contribution in [3.8, 4) is 11.5 Å². The summed E-state index contributed by atoms with van der Waals surface area (Å²) in [6.45, 7) is 1.40. The van der Waals surface area contributed by atoms with E-state index in [1.54, 1.807) is 41.3 Å². The van der Waals surface area contributed by atoms with E-state index in [2.05, 4.69) is 10.3 Å². The number of ether oxygens (including phenoxy) is 2. The molecule has 162 valence electrons. The summed E-state index contributed by atoms with van der Waals surface area (Å²) in [5.41, 5.74) is 1.47. The zero-order valence-corrected chi connectivity index (χ0v) is 18.0. The third kappa shape index (κ3) is 4.92. The first kappa shape index (κ1) is 21.0. The predicted molar refractivity (Wildman–Crippen MR) is 120 cm³/mol. The molecule has 0 saturated carbocycles. The molecule has 2 amide bonds. The number of urea groups is 1. The van der Waals surface area contributed by atoms with E-state index >= 15 is 0 Å². The molecule has 1 aromatic heterocycles. The van der Waals surface area contributed by atoms with E-state index in [1.807, 2.05) is 25.1 Å². The number of aromatic amines is 1. The Morgan fingerprint density at radius 2 is 1.90 bits per heavy atom. The number of pyridine rings is 1. The lowest BCUT2D eigenvalue weighted by Gasteiger charge is -2.24. The molecule has 0 spiro atoms. The highest BCUT2D eigenvalue weighted by Gasteiger charge is 2.19. The van der Waals surface area contributed by atoms with Crippen LogP contribution in [-0.4, -0.2) is 54.8 Å². The first-order chi connectivity index (χ1) is 14.9. The van der Waals surface area contributed by atoms with Crippen LogP contribution >= 0.6 is 11.6 Å². The summed E-state index contributed by atoms with van der Waals surface area (Å²) in [4.78, 5) is 32.1. The zero-order chi connectivity index (χ0) is 22.0. The number of carbonyl (C=O) groups excluding carboxylic acids is 1. The van der Waals surface area contributed by atoms with Gasteiger partial charge in [0, 0.05) is 40.8 Å². The molecule has 31 heavy (non-hydrogen) atoms. The highest BCUT2D eigenvalue weighted by molar-refractivity contribution is 6.30. The highest BCUT2D eigenvalue weighted by Crippen LogP contribution is 2.35. The van der Waals surface area contributed by atoms with Crippen molar-refractivity contribution in [3.63, 3.8) is 0 Å². The molecule has 0 fully saturated rings. The Balaban J connectivity index is 1.60. The minimum atomic E-state index is -0.311. The van der Waals surface area contributed by atoms with Crippen LogP contribution < -0.4 is 20.3 Å². The van der Waals surface area contributed by atoms with Crippen LogP contribution in [0.1, 0.15) is 5.56 Å². The molecule has 1 aliphatic heterocycles. The number of likely N-dealkylation sites (N-methyl/N-ethyl adjacent to an activating group) is 1. The number of H-pyrrole nitrogens is 1. The van der Waals surface area contributed by atoms with Gasteiger partial charge in [-0.2, -0.15) is 0 Å². The van der Waals surface area contributed by atoms with Gasteiger partial charge in [-0.25, -0.2) is 4.79 Å². The van der Waals surface area contributed by atoms with Crippen molar-refractivity contribution in [1.29, 1.82) is 0 Å². The van der Waals surface area contributed by atoms with Gasteiger partial charge in [0.1, 0.15) is 0 Å². The molecule has 0 bridgehead atoms. The van der Waals surface area contributed by atoms with Gasteiger partial charge in [0.25, 0.3) is 5.56 Å². The van der Waals surface area contributed by atoms with E-state index in [-0.39, 0.29) is 24.9 Å². The molecule has 2 aromatic carbocycles. The van der Waals surface area contributed by atoms with Crippen molar-refractivity contribution in [1.82, 2.24) is 14.8 Å². The maximum Gasteiger partial charge on any atom is 0.322 e. The third-order valence-corrected chi connectivity index (χ3v) is 5.19. The number of halogens is 1. The van der Waals surface area contributed by atoms with Gasteiger partial charge >= 0.3 is 6.03 Å². The van der Waals surface area contributed by atoms with Crippen LogP contribution in [0.25, 0.3) is 10.9 Å². The number of hydrogen-bond acceptors (Lipinski definition) is 5. The smallest absolute Gasteiger partial charge is 0.322 e. The lowest BCUT2D eigenvalue weighted by Crippen LogP contribution is -2.40. The van der Waals surface area contributed by atoms with E-state index in [9.17, 15) is 9.59 Å². The molecule has 3 aromatic rings. The number of benzene rings is 2. The van der Waals surface area contributed by atoms with Gasteiger partial charge in [-0.05, 0) is 44.4 Å². The number of anilines is 1. The van der Waals surface area contributed by atoms with Gasteiger partial charge in [-0.1, -0.05) is 17.7 Å². The molecule has 9 heteroatoms. The Morgan fingerprint density at radius 3 is 2.65 bits per heavy atom. The van der Waals surface area contributed by atoms with E-state index in [0.29, 0.717) is 46.4 Å². The monoisotopic (exact) mass is 442 g/mol. The molecular weight excluding hydrogens is 420 g/mol. The number of nitrogens with one attached hydrogen (secondary N) is 2. The molecule has 0 aliphatic carbocycles. The van der Waals surface area contributed by atoms with Crippen LogP contribution in [0.4, 0.5) is 10.5 Å². The van der Waals surface area contributed by atoms with Gasteiger partial charge in [-0.15, -0.1) is 0 Å². The fourth-order valence-corrected chi connectivity index (χ4v) is 3.50. The van der Waals surface area contributed by atoms with Crippen LogP contribution in [-0.2, 0) is 6.54 Å². The minimum Gasteiger partial charge on any atom is -0.454 e. The Kier molecular flexibility index (Phi) is 6.01. The van der Waals surface area contributed by atoms with Crippen molar-refractivity contribution < 1.29 is 14.3 Å². The average Bonchev–Trinajstić information content (AvgIpc) is 3.16. The largest absolute Gasteiger partial charge is 0.454 e. The van der Waals surface area contributed by atoms with Crippen molar-refractivity contribution >= 4 is 34.2 Å². The fourth-order valence-electron chi connectivity index (χ4n) is 3.31. The predicted octanol–water partition coefficient (Wildman–Crippen LogP) is 3.51. The van der Waals surface area contributed by atoms with Crippen LogP contribution in [0.5, 0.6) is 11.5 Å². The minimum absolute atomic E-state index is 0.153. The normalized spacial score (nSPS) is 12.4. The molecule has 0 saturated heterocycles. The van der Waals surface area contributed by atoms with Gasteiger partial charge in [0.2, 0.25) is 6.79 Å². The van der Waals surface area contributed by atoms with Gasteiger partial charge in [0.05, 0.1) is 12.1 Å². The molecule has 4 rings (SSSR count). The first-order valence-electron chi connectivity index (χ1n) is 9.81. The maximum atomic E-state index is 13.0. The van der Waals surface area contributed by atoms with Crippen LogP contribution in [0.3, 0.4) is 0 Å². The van der Waals surface area contributed by atoms with Crippen LogP contribution in [0.2, 0.25) is 5.02 Å². The zero-order valence-electron chi connectivity index (χ0n) is 17.3. The number of rotatable bonds is 6. The third-order valence-electron chi connectivity index (χ3n) is 4.96. The topological polar surface area (TPSA) is 86.9 Å². The number of fused-ring (bicyclic) bond motifs is 2. The van der Waals surface area contributed by atoms with Crippen LogP contribution in [0, 0.1) is 0 Å². The average molecular weight is 443 g/mol. The van der Waals surface area contributed by atoms with Gasteiger partial charge in [-0.3, -0.25) is 4.79 Å². The Morgan fingerprint density at radius 1 is 1.13 bits per heavy atom. The second-order valence-electron chi connectivity index (χ2n) is 7.58. The molecule has 0 radical (unpaired) electrons. The summed E-state index contributed by atoms with van der Waals surface area (Å²) in [7, 11) is 3.86. The summed E-state index contributed by atoms with van der Waals surface area (Å²) in [6.07, 6.45) is 0. The van der Waals surface area contributed by atoms with Crippen molar-refractivity contribution in [2.75, 3.05) is 39.3 Å². The Bertz CT molecular complexity index is 1180. The van der Waals surface area contributed by atoms with Crippen molar-refractivity contribution in [2.45, 2.75) is 6.54 Å². The van der Waals surface area contributed by atoms with E-state index in [1.165, 1.54) is 0 Å². The van der Waals surface area contributed by atoms with Gasteiger partial charge < -0.3 is 29.6 Å². The second-order valence-corrected chi connectivity index (χ2v) is 8.02. The van der Waals surface area contributed by atoms with E-state index in [0.717, 1.165) is 5.39 Å². The molecule has 0 unspecified atom stereocenters. The summed E-state index contributed by atoms with van der Waals surface area (Å²) >= 11 is 6.02. The summed E-state index contributed by atoms with van der Waals surface area (Å²) in [6, 6.07) is 12.0. The molecule has 2 heterocycles.